The molecule has 2 fully saturated rings. The summed E-state index contributed by atoms with van der Waals surface area (Å²) in [4.78, 5) is 17.1. The zero-order valence-corrected chi connectivity index (χ0v) is 13.7. The third-order valence-corrected chi connectivity index (χ3v) is 6.38. The van der Waals surface area contributed by atoms with Crippen LogP contribution in [0, 0.1) is 5.92 Å². The van der Waals surface area contributed by atoms with Crippen LogP contribution < -0.4 is 0 Å². The van der Waals surface area contributed by atoms with Crippen molar-refractivity contribution in [1.82, 2.24) is 14.2 Å². The molecule has 1 N–H and O–H groups in total. The highest BCUT2D eigenvalue weighted by Gasteiger charge is 2.30. The van der Waals surface area contributed by atoms with Gasteiger partial charge in [0.15, 0.2) is 0 Å². The molecule has 122 valence electrons. The Bertz CT molecular complexity index is 647. The summed E-state index contributed by atoms with van der Waals surface area (Å²) >= 11 is 0. The number of H-pyrrole nitrogens is 1. The zero-order valence-electron chi connectivity index (χ0n) is 12.9. The lowest BCUT2D eigenvalue weighted by Gasteiger charge is -2.29. The number of nitrogens with zero attached hydrogens (tertiary/aromatic N) is 2. The van der Waals surface area contributed by atoms with E-state index in [0.29, 0.717) is 24.7 Å². The summed E-state index contributed by atoms with van der Waals surface area (Å²) in [6.45, 7) is 4.70. The Hall–Kier alpha value is -1.34. The van der Waals surface area contributed by atoms with Crippen LogP contribution in [-0.2, 0) is 10.0 Å². The van der Waals surface area contributed by atoms with E-state index in [1.54, 1.807) is 4.90 Å². The smallest absolute Gasteiger partial charge is 0.270 e. The monoisotopic (exact) mass is 325 g/mol. The fraction of sp³-hybridized carbons (Fsp3) is 0.667. The standard InChI is InChI=1S/C15H23N3O3S/c1-12-5-4-8-18(11-12)22(20,21)13-9-14(16-10-13)15(19)17-6-2-3-7-17/h9-10,12,16H,2-8,11H2,1H3. The van der Waals surface area contributed by atoms with Gasteiger partial charge < -0.3 is 9.88 Å². The van der Waals surface area contributed by atoms with Crippen LogP contribution in [0.1, 0.15) is 43.1 Å². The maximum absolute atomic E-state index is 12.7. The molecule has 3 rings (SSSR count). The van der Waals surface area contributed by atoms with Gasteiger partial charge in [-0.3, -0.25) is 4.79 Å². The molecule has 2 aliphatic rings. The summed E-state index contributed by atoms with van der Waals surface area (Å²) in [6, 6.07) is 1.48. The van der Waals surface area contributed by atoms with Gasteiger partial charge in [0.2, 0.25) is 10.0 Å². The lowest BCUT2D eigenvalue weighted by molar-refractivity contribution is 0.0787. The number of aromatic amines is 1. The Morgan fingerprint density at radius 3 is 2.64 bits per heavy atom. The molecule has 0 aromatic carbocycles. The Morgan fingerprint density at radius 2 is 1.95 bits per heavy atom. The van der Waals surface area contributed by atoms with Crippen molar-refractivity contribution in [3.63, 3.8) is 0 Å². The van der Waals surface area contributed by atoms with Gasteiger partial charge in [-0.2, -0.15) is 4.31 Å². The number of rotatable bonds is 3. The number of hydrogen-bond donors (Lipinski definition) is 1. The van der Waals surface area contributed by atoms with E-state index < -0.39 is 10.0 Å². The summed E-state index contributed by atoms with van der Waals surface area (Å²) in [7, 11) is -3.50. The van der Waals surface area contributed by atoms with Crippen LogP contribution in [-0.4, -0.2) is 54.7 Å². The zero-order chi connectivity index (χ0) is 15.7. The van der Waals surface area contributed by atoms with Crippen LogP contribution in [0.2, 0.25) is 0 Å². The van der Waals surface area contributed by atoms with Crippen molar-refractivity contribution < 1.29 is 13.2 Å². The van der Waals surface area contributed by atoms with E-state index in [4.69, 9.17) is 0 Å². The Labute approximate surface area is 131 Å². The van der Waals surface area contributed by atoms with Crippen molar-refractivity contribution in [2.45, 2.75) is 37.5 Å². The van der Waals surface area contributed by atoms with Crippen LogP contribution in [0.15, 0.2) is 17.2 Å². The van der Waals surface area contributed by atoms with Crippen LogP contribution in [0.25, 0.3) is 0 Å². The van der Waals surface area contributed by atoms with Crippen LogP contribution in [0.3, 0.4) is 0 Å². The Balaban J connectivity index is 1.78. The first-order chi connectivity index (χ1) is 10.5. The first kappa shape index (κ1) is 15.6. The van der Waals surface area contributed by atoms with Gasteiger partial charge in [-0.05, 0) is 37.7 Å². The highest BCUT2D eigenvalue weighted by Crippen LogP contribution is 2.24. The molecule has 0 saturated carbocycles. The number of carbonyl (C=O) groups excluding carboxylic acids is 1. The Morgan fingerprint density at radius 1 is 1.23 bits per heavy atom. The summed E-state index contributed by atoms with van der Waals surface area (Å²) in [5.74, 6) is 0.277. The van der Waals surface area contributed by atoms with Crippen molar-refractivity contribution >= 4 is 15.9 Å². The largest absolute Gasteiger partial charge is 0.356 e. The lowest BCUT2D eigenvalue weighted by Crippen LogP contribution is -2.38. The number of amides is 1. The van der Waals surface area contributed by atoms with Crippen molar-refractivity contribution in [3.8, 4) is 0 Å². The second-order valence-corrected chi connectivity index (χ2v) is 8.30. The van der Waals surface area contributed by atoms with Gasteiger partial charge in [-0.15, -0.1) is 0 Å². The van der Waals surface area contributed by atoms with Crippen LogP contribution >= 0.6 is 0 Å². The number of carbonyl (C=O) groups is 1. The molecular formula is C15H23N3O3S. The summed E-state index contributed by atoms with van der Waals surface area (Å²) < 4.78 is 26.9. The summed E-state index contributed by atoms with van der Waals surface area (Å²) in [5, 5.41) is 0. The lowest BCUT2D eigenvalue weighted by atomic mass is 10.0. The van der Waals surface area contributed by atoms with Crippen molar-refractivity contribution in [2.75, 3.05) is 26.2 Å². The van der Waals surface area contributed by atoms with Crippen molar-refractivity contribution in [3.05, 3.63) is 18.0 Å². The maximum Gasteiger partial charge on any atom is 0.270 e. The van der Waals surface area contributed by atoms with E-state index in [-0.39, 0.29) is 10.8 Å². The van der Waals surface area contributed by atoms with E-state index in [9.17, 15) is 13.2 Å². The number of aromatic nitrogens is 1. The number of piperidine rings is 1. The van der Waals surface area contributed by atoms with Gasteiger partial charge in [0.1, 0.15) is 10.6 Å². The second-order valence-electron chi connectivity index (χ2n) is 6.36. The van der Waals surface area contributed by atoms with E-state index >= 15 is 0 Å². The van der Waals surface area contributed by atoms with Gasteiger partial charge in [0.05, 0.1) is 0 Å². The molecule has 3 heterocycles. The molecule has 1 unspecified atom stereocenters. The average molecular weight is 325 g/mol. The van der Waals surface area contributed by atoms with E-state index in [2.05, 4.69) is 11.9 Å². The van der Waals surface area contributed by atoms with Crippen LogP contribution in [0.5, 0.6) is 0 Å². The second kappa shape index (κ2) is 6.04. The highest BCUT2D eigenvalue weighted by atomic mass is 32.2. The predicted octanol–water partition coefficient (Wildman–Crippen LogP) is 1.67. The van der Waals surface area contributed by atoms with E-state index in [0.717, 1.165) is 38.8 Å². The molecule has 1 amide bonds. The first-order valence-electron chi connectivity index (χ1n) is 7.96. The van der Waals surface area contributed by atoms with Gasteiger partial charge in [-0.25, -0.2) is 8.42 Å². The Kier molecular flexibility index (Phi) is 4.27. The van der Waals surface area contributed by atoms with E-state index in [1.165, 1.54) is 16.6 Å². The van der Waals surface area contributed by atoms with Crippen molar-refractivity contribution in [1.29, 1.82) is 0 Å². The molecule has 7 heteroatoms. The topological polar surface area (TPSA) is 73.5 Å². The molecule has 0 aliphatic carbocycles. The minimum atomic E-state index is -3.50. The van der Waals surface area contributed by atoms with Gasteiger partial charge in [-0.1, -0.05) is 6.92 Å². The minimum Gasteiger partial charge on any atom is -0.356 e. The SMILES string of the molecule is CC1CCCN(S(=O)(=O)c2c[nH]c(C(=O)N3CCCC3)c2)C1. The fourth-order valence-corrected chi connectivity index (χ4v) is 4.84. The normalized spacial score (nSPS) is 23.9. The maximum atomic E-state index is 12.7. The summed E-state index contributed by atoms with van der Waals surface area (Å²) in [5.41, 5.74) is 0.366. The third-order valence-electron chi connectivity index (χ3n) is 4.54. The molecule has 2 aliphatic heterocycles. The molecule has 6 nitrogen and oxygen atoms in total. The molecule has 1 aromatic rings. The number of hydrogen-bond acceptors (Lipinski definition) is 3. The van der Waals surface area contributed by atoms with Crippen LogP contribution in [0.4, 0.5) is 0 Å². The molecule has 1 aromatic heterocycles. The first-order valence-corrected chi connectivity index (χ1v) is 9.40. The van der Waals surface area contributed by atoms with E-state index in [1.807, 2.05) is 0 Å². The highest BCUT2D eigenvalue weighted by molar-refractivity contribution is 7.89. The molecule has 1 atom stereocenters. The average Bonchev–Trinajstić information content (AvgIpc) is 3.18. The van der Waals surface area contributed by atoms with Crippen molar-refractivity contribution in [2.24, 2.45) is 5.92 Å². The van der Waals surface area contributed by atoms with Gasteiger partial charge in [0.25, 0.3) is 5.91 Å². The molecule has 22 heavy (non-hydrogen) atoms. The fourth-order valence-electron chi connectivity index (χ4n) is 3.25. The number of likely N-dealkylation sites (tertiary alicyclic amines) is 1. The number of sulfonamides is 1. The van der Waals surface area contributed by atoms with Gasteiger partial charge in [0, 0.05) is 32.4 Å². The molecule has 0 spiro atoms. The molecule has 0 radical (unpaired) electrons. The summed E-state index contributed by atoms with van der Waals surface area (Å²) in [6.07, 6.45) is 5.44. The third kappa shape index (κ3) is 2.92. The minimum absolute atomic E-state index is 0.106. The molecule has 0 bridgehead atoms. The predicted molar refractivity (Wildman–Crippen MR) is 83.1 cm³/mol. The molecule has 2 saturated heterocycles. The van der Waals surface area contributed by atoms with Gasteiger partial charge >= 0.3 is 0 Å². The quantitative estimate of drug-likeness (QED) is 0.919. The molecular weight excluding hydrogens is 302 g/mol. The number of nitrogens with one attached hydrogen (secondary N) is 1.